The lowest BCUT2D eigenvalue weighted by Crippen LogP contribution is -2.07. The van der Waals surface area contributed by atoms with Crippen LogP contribution in [-0.2, 0) is 19.1 Å². The third-order valence-corrected chi connectivity index (χ3v) is 4.16. The van der Waals surface area contributed by atoms with Crippen molar-refractivity contribution in [2.75, 3.05) is 28.4 Å². The van der Waals surface area contributed by atoms with Gasteiger partial charge >= 0.3 is 11.9 Å². The van der Waals surface area contributed by atoms with Crippen molar-refractivity contribution >= 4 is 29.7 Å². The normalized spacial score (nSPS) is 11.3. The fourth-order valence-corrected chi connectivity index (χ4v) is 2.74. The Morgan fingerprint density at radius 2 is 1.60 bits per heavy atom. The van der Waals surface area contributed by atoms with Crippen LogP contribution in [-0.4, -0.2) is 50.6 Å². The highest BCUT2D eigenvalue weighted by Crippen LogP contribution is 2.40. The van der Waals surface area contributed by atoms with Gasteiger partial charge in [0, 0.05) is 23.3 Å². The first kappa shape index (κ1) is 22.4. The number of aromatic hydroxyl groups is 2. The van der Waals surface area contributed by atoms with Crippen molar-refractivity contribution in [1.29, 1.82) is 0 Å². The Morgan fingerprint density at radius 1 is 0.900 bits per heavy atom. The van der Waals surface area contributed by atoms with E-state index in [1.54, 1.807) is 6.07 Å². The lowest BCUT2D eigenvalue weighted by Gasteiger charge is -2.16. The van der Waals surface area contributed by atoms with E-state index in [1.165, 1.54) is 70.9 Å². The number of rotatable bonds is 7. The van der Waals surface area contributed by atoms with Crippen molar-refractivity contribution in [3.05, 3.63) is 53.1 Å². The van der Waals surface area contributed by atoms with Crippen LogP contribution in [0.4, 0.5) is 0 Å². The number of methoxy groups -OCH3 is 4. The predicted molar refractivity (Wildman–Crippen MR) is 110 cm³/mol. The molecule has 2 N–H and O–H groups in total. The van der Waals surface area contributed by atoms with Crippen LogP contribution in [0.3, 0.4) is 0 Å². The number of carbonyl (C=O) groups excluding carboxylic acids is 2. The molecule has 0 bridgehead atoms. The molecule has 0 saturated heterocycles. The summed E-state index contributed by atoms with van der Waals surface area (Å²) in [7, 11) is 5.23. The van der Waals surface area contributed by atoms with Gasteiger partial charge < -0.3 is 29.2 Å². The van der Waals surface area contributed by atoms with Crippen LogP contribution >= 0.6 is 0 Å². The largest absolute Gasteiger partial charge is 0.508 e. The van der Waals surface area contributed by atoms with Crippen LogP contribution in [0.2, 0.25) is 0 Å². The van der Waals surface area contributed by atoms with E-state index in [2.05, 4.69) is 4.74 Å². The van der Waals surface area contributed by atoms with Crippen molar-refractivity contribution in [2.45, 2.75) is 0 Å². The second kappa shape index (κ2) is 10.0. The highest BCUT2D eigenvalue weighted by Gasteiger charge is 2.23. The molecule has 0 saturated carbocycles. The van der Waals surface area contributed by atoms with Crippen molar-refractivity contribution in [3.8, 4) is 23.0 Å². The van der Waals surface area contributed by atoms with Gasteiger partial charge in [-0.15, -0.1) is 0 Å². The summed E-state index contributed by atoms with van der Waals surface area (Å²) in [5.74, 6) is -1.13. The zero-order valence-electron chi connectivity index (χ0n) is 17.0. The van der Waals surface area contributed by atoms with Gasteiger partial charge in [-0.1, -0.05) is 0 Å². The first-order chi connectivity index (χ1) is 14.4. The van der Waals surface area contributed by atoms with Crippen LogP contribution in [0.5, 0.6) is 23.0 Å². The standard InChI is InChI=1S/C22H22O8/c1-27-18-12-15(23)8-5-14(18)11-16(22(26)30-4)20-17(24)9-6-13(21(20)29-3)7-10-19(25)28-2/h5-12,23-24H,1-4H3/b10-7+,16-11-. The molecule has 8 nitrogen and oxygen atoms in total. The number of carbonyl (C=O) groups is 2. The highest BCUT2D eigenvalue weighted by molar-refractivity contribution is 6.23. The van der Waals surface area contributed by atoms with Gasteiger partial charge in [-0.05, 0) is 36.4 Å². The molecule has 0 unspecified atom stereocenters. The molecule has 0 fully saturated rings. The SMILES string of the molecule is COC(=O)/C=C/c1ccc(O)c(/C(=C/c2ccc(O)cc2OC)C(=O)OC)c1OC. The smallest absolute Gasteiger partial charge is 0.338 e. The molecule has 0 spiro atoms. The molecule has 2 aromatic carbocycles. The summed E-state index contributed by atoms with van der Waals surface area (Å²) in [6.45, 7) is 0. The second-order valence-electron chi connectivity index (χ2n) is 5.91. The first-order valence-corrected chi connectivity index (χ1v) is 8.69. The molecular weight excluding hydrogens is 392 g/mol. The Morgan fingerprint density at radius 3 is 2.20 bits per heavy atom. The van der Waals surface area contributed by atoms with Gasteiger partial charge in [0.1, 0.15) is 23.0 Å². The average Bonchev–Trinajstić information content (AvgIpc) is 2.76. The minimum Gasteiger partial charge on any atom is -0.508 e. The van der Waals surface area contributed by atoms with E-state index in [1.807, 2.05) is 0 Å². The van der Waals surface area contributed by atoms with Crippen LogP contribution in [0.1, 0.15) is 16.7 Å². The number of esters is 2. The molecule has 0 aliphatic carbocycles. The Kier molecular flexibility index (Phi) is 7.46. The molecule has 0 aliphatic heterocycles. The van der Waals surface area contributed by atoms with Crippen molar-refractivity contribution in [2.24, 2.45) is 0 Å². The van der Waals surface area contributed by atoms with Crippen LogP contribution in [0.15, 0.2) is 36.4 Å². The third kappa shape index (κ3) is 4.91. The van der Waals surface area contributed by atoms with E-state index < -0.39 is 11.9 Å². The van der Waals surface area contributed by atoms with Crippen LogP contribution < -0.4 is 9.47 Å². The number of hydrogen-bond donors (Lipinski definition) is 2. The fourth-order valence-electron chi connectivity index (χ4n) is 2.74. The van der Waals surface area contributed by atoms with Gasteiger partial charge in [0.25, 0.3) is 0 Å². The van der Waals surface area contributed by atoms with Gasteiger partial charge in [-0.3, -0.25) is 0 Å². The number of benzene rings is 2. The molecule has 0 amide bonds. The zero-order valence-corrected chi connectivity index (χ0v) is 17.0. The molecule has 0 radical (unpaired) electrons. The number of ether oxygens (including phenoxy) is 4. The predicted octanol–water partition coefficient (Wildman–Crippen LogP) is 3.01. The maximum Gasteiger partial charge on any atom is 0.338 e. The third-order valence-electron chi connectivity index (χ3n) is 4.16. The van der Waals surface area contributed by atoms with E-state index in [0.29, 0.717) is 16.9 Å². The number of phenolic OH excluding ortho intramolecular Hbond substituents is 2. The Labute approximate surface area is 173 Å². The number of phenols is 2. The lowest BCUT2D eigenvalue weighted by molar-refractivity contribution is -0.135. The van der Waals surface area contributed by atoms with Gasteiger partial charge in [0.05, 0.1) is 39.6 Å². The van der Waals surface area contributed by atoms with E-state index >= 15 is 0 Å². The van der Waals surface area contributed by atoms with Crippen molar-refractivity contribution in [3.63, 3.8) is 0 Å². The van der Waals surface area contributed by atoms with E-state index in [4.69, 9.17) is 14.2 Å². The topological polar surface area (TPSA) is 112 Å². The summed E-state index contributed by atoms with van der Waals surface area (Å²) in [6, 6.07) is 7.23. The summed E-state index contributed by atoms with van der Waals surface area (Å²) in [4.78, 5) is 24.0. The maximum atomic E-state index is 12.6. The molecule has 0 aliphatic rings. The van der Waals surface area contributed by atoms with Gasteiger partial charge in [-0.2, -0.15) is 0 Å². The molecule has 0 aromatic heterocycles. The summed E-state index contributed by atoms with van der Waals surface area (Å²) in [6.07, 6.45) is 4.06. The molecular formula is C22H22O8. The van der Waals surface area contributed by atoms with Crippen LogP contribution in [0.25, 0.3) is 17.7 Å². The molecule has 2 aromatic rings. The monoisotopic (exact) mass is 414 g/mol. The molecule has 0 heterocycles. The highest BCUT2D eigenvalue weighted by atomic mass is 16.5. The lowest BCUT2D eigenvalue weighted by atomic mass is 9.97. The van der Waals surface area contributed by atoms with Gasteiger partial charge in [0.2, 0.25) is 0 Å². The van der Waals surface area contributed by atoms with E-state index in [9.17, 15) is 19.8 Å². The summed E-state index contributed by atoms with van der Waals surface area (Å²) in [5.41, 5.74) is 0.909. The zero-order chi connectivity index (χ0) is 22.3. The molecule has 2 rings (SSSR count). The molecule has 8 heteroatoms. The minimum absolute atomic E-state index is 0.0148. The first-order valence-electron chi connectivity index (χ1n) is 8.69. The Bertz CT molecular complexity index is 1000. The Balaban J connectivity index is 2.76. The van der Waals surface area contributed by atoms with Gasteiger partial charge in [-0.25, -0.2) is 9.59 Å². The second-order valence-corrected chi connectivity index (χ2v) is 5.91. The average molecular weight is 414 g/mol. The molecule has 30 heavy (non-hydrogen) atoms. The summed E-state index contributed by atoms with van der Waals surface area (Å²) < 4.78 is 20.2. The Hall–Kier alpha value is -3.94. The van der Waals surface area contributed by atoms with E-state index in [0.717, 1.165) is 0 Å². The molecule has 158 valence electrons. The molecule has 0 atom stereocenters. The maximum absolute atomic E-state index is 12.6. The van der Waals surface area contributed by atoms with Gasteiger partial charge in [0.15, 0.2) is 0 Å². The van der Waals surface area contributed by atoms with Crippen molar-refractivity contribution in [1.82, 2.24) is 0 Å². The summed E-state index contributed by atoms with van der Waals surface area (Å²) >= 11 is 0. The number of hydrogen-bond acceptors (Lipinski definition) is 8. The van der Waals surface area contributed by atoms with Crippen LogP contribution in [0, 0.1) is 0 Å². The van der Waals surface area contributed by atoms with E-state index in [-0.39, 0.29) is 28.4 Å². The minimum atomic E-state index is -0.743. The van der Waals surface area contributed by atoms with Crippen molar-refractivity contribution < 1.29 is 38.7 Å². The quantitative estimate of drug-likeness (QED) is 0.404. The fraction of sp³-hybridized carbons (Fsp3) is 0.182. The summed E-state index contributed by atoms with van der Waals surface area (Å²) in [5, 5.41) is 20.2.